The van der Waals surface area contributed by atoms with E-state index in [0.29, 0.717) is 5.69 Å². The molecule has 0 spiro atoms. The number of rotatable bonds is 20. The quantitative estimate of drug-likeness (QED) is 0.0384. The Hall–Kier alpha value is -4.94. The summed E-state index contributed by atoms with van der Waals surface area (Å²) in [5.74, 6) is -4.72. The second-order valence-corrected chi connectivity index (χ2v) is 9.31. The fourth-order valence-electron chi connectivity index (χ4n) is 3.64. The van der Waals surface area contributed by atoms with Gasteiger partial charge < -0.3 is 60.4 Å². The molecule has 0 aliphatic heterocycles. The number of nitrogens with one attached hydrogen (secondary N) is 4. The highest BCUT2D eigenvalue weighted by Crippen LogP contribution is 2.06. The first-order chi connectivity index (χ1) is 19.8. The van der Waals surface area contributed by atoms with E-state index in [1.165, 1.54) is 12.5 Å². The van der Waals surface area contributed by atoms with Crippen LogP contribution in [-0.2, 0) is 30.4 Å². The number of carbonyl (C=O) groups is 5. The van der Waals surface area contributed by atoms with Gasteiger partial charge in [0, 0.05) is 37.8 Å². The Balaban J connectivity index is 3.03. The van der Waals surface area contributed by atoms with Gasteiger partial charge in [-0.05, 0) is 32.1 Å². The van der Waals surface area contributed by atoms with E-state index >= 15 is 0 Å². The zero-order valence-electron chi connectivity index (χ0n) is 23.1. The summed E-state index contributed by atoms with van der Waals surface area (Å²) in [5.41, 5.74) is 33.0. The van der Waals surface area contributed by atoms with E-state index in [4.69, 9.17) is 34.4 Å². The molecule has 19 nitrogen and oxygen atoms in total. The summed E-state index contributed by atoms with van der Waals surface area (Å²) in [6, 6.07) is -4.92. The number of aromatic amines is 1. The highest BCUT2D eigenvalue weighted by Gasteiger charge is 2.30. The van der Waals surface area contributed by atoms with Gasteiger partial charge in [0.05, 0.1) is 12.4 Å². The minimum Gasteiger partial charge on any atom is -0.480 e. The SMILES string of the molecule is NC(=O)CCC(NC(=O)C(CCCN=C(N)N)NC(=O)C(N)Cc1cnc[nH]1)C(=O)NC(CCCN=C(N)N)C(=O)O. The van der Waals surface area contributed by atoms with E-state index in [9.17, 15) is 29.1 Å². The summed E-state index contributed by atoms with van der Waals surface area (Å²) >= 11 is 0. The number of guanidine groups is 2. The lowest BCUT2D eigenvalue weighted by Crippen LogP contribution is -2.57. The number of carboxylic acids is 1. The maximum absolute atomic E-state index is 13.3. The van der Waals surface area contributed by atoms with Crippen LogP contribution in [0.25, 0.3) is 0 Å². The summed E-state index contributed by atoms with van der Waals surface area (Å²) in [7, 11) is 0. The lowest BCUT2D eigenvalue weighted by Gasteiger charge is -2.25. The van der Waals surface area contributed by atoms with Gasteiger partial charge in [0.2, 0.25) is 23.6 Å². The number of nitrogens with two attached hydrogens (primary N) is 6. The third kappa shape index (κ3) is 14.4. The predicted octanol–water partition coefficient (Wildman–Crippen LogP) is -4.81. The normalized spacial score (nSPS) is 13.5. The van der Waals surface area contributed by atoms with Crippen molar-refractivity contribution in [3.8, 4) is 0 Å². The average molecular weight is 596 g/mol. The minimum atomic E-state index is -1.36. The van der Waals surface area contributed by atoms with Gasteiger partial charge in [-0.1, -0.05) is 0 Å². The fraction of sp³-hybridized carbons (Fsp3) is 0.565. The minimum absolute atomic E-state index is 0.0218. The molecule has 0 aromatic carbocycles. The summed E-state index contributed by atoms with van der Waals surface area (Å²) in [5, 5.41) is 16.9. The number of amides is 4. The molecule has 0 saturated carbocycles. The van der Waals surface area contributed by atoms with Crippen LogP contribution in [0.5, 0.6) is 0 Å². The number of nitrogens with zero attached hydrogens (tertiary/aromatic N) is 3. The molecular weight excluding hydrogens is 554 g/mol. The lowest BCUT2D eigenvalue weighted by molar-refractivity contribution is -0.142. The summed E-state index contributed by atoms with van der Waals surface area (Å²) < 4.78 is 0. The molecule has 19 heteroatoms. The zero-order valence-corrected chi connectivity index (χ0v) is 23.1. The van der Waals surface area contributed by atoms with Crippen LogP contribution in [-0.4, -0.2) is 93.8 Å². The molecule has 0 saturated heterocycles. The van der Waals surface area contributed by atoms with Gasteiger partial charge in [0.25, 0.3) is 0 Å². The first kappa shape index (κ1) is 35.1. The largest absolute Gasteiger partial charge is 0.480 e. The number of carboxylic acid groups (broad SMARTS) is 1. The molecule has 1 aromatic rings. The molecule has 0 aliphatic rings. The molecule has 17 N–H and O–H groups in total. The van der Waals surface area contributed by atoms with Crippen LogP contribution >= 0.6 is 0 Å². The van der Waals surface area contributed by atoms with Crippen molar-refractivity contribution in [2.75, 3.05) is 13.1 Å². The van der Waals surface area contributed by atoms with Crippen molar-refractivity contribution in [1.82, 2.24) is 25.9 Å². The zero-order chi connectivity index (χ0) is 31.7. The van der Waals surface area contributed by atoms with Gasteiger partial charge in [-0.15, -0.1) is 0 Å². The number of carbonyl (C=O) groups excluding carboxylic acids is 4. The third-order valence-corrected chi connectivity index (χ3v) is 5.78. The van der Waals surface area contributed by atoms with Gasteiger partial charge >= 0.3 is 5.97 Å². The number of imidazole rings is 1. The topological polar surface area (TPSA) is 351 Å². The van der Waals surface area contributed by atoms with Crippen molar-refractivity contribution >= 4 is 41.5 Å². The van der Waals surface area contributed by atoms with Crippen LogP contribution in [0.3, 0.4) is 0 Å². The van der Waals surface area contributed by atoms with Crippen molar-refractivity contribution < 1.29 is 29.1 Å². The van der Waals surface area contributed by atoms with E-state index in [0.717, 1.165) is 0 Å². The smallest absolute Gasteiger partial charge is 0.326 e. The average Bonchev–Trinajstić information content (AvgIpc) is 3.42. The van der Waals surface area contributed by atoms with Crippen molar-refractivity contribution in [2.24, 2.45) is 44.4 Å². The van der Waals surface area contributed by atoms with Crippen molar-refractivity contribution in [2.45, 2.75) is 69.1 Å². The highest BCUT2D eigenvalue weighted by atomic mass is 16.4. The van der Waals surface area contributed by atoms with Crippen LogP contribution in [0.4, 0.5) is 0 Å². The molecular formula is C23H41N13O6. The Morgan fingerprint density at radius 2 is 1.31 bits per heavy atom. The monoisotopic (exact) mass is 595 g/mol. The second-order valence-electron chi connectivity index (χ2n) is 9.31. The predicted molar refractivity (Wildman–Crippen MR) is 152 cm³/mol. The molecule has 4 amide bonds. The van der Waals surface area contributed by atoms with Gasteiger partial charge in [0.1, 0.15) is 18.1 Å². The number of primary amides is 1. The lowest BCUT2D eigenvalue weighted by atomic mass is 10.0. The summed E-state index contributed by atoms with van der Waals surface area (Å²) in [4.78, 5) is 76.6. The first-order valence-electron chi connectivity index (χ1n) is 13.1. The van der Waals surface area contributed by atoms with E-state index in [1.54, 1.807) is 0 Å². The summed E-state index contributed by atoms with van der Waals surface area (Å²) in [6.07, 6.45) is 3.03. The van der Waals surface area contributed by atoms with Crippen LogP contribution in [0, 0.1) is 0 Å². The molecule has 234 valence electrons. The molecule has 0 fully saturated rings. The Bertz CT molecular complexity index is 1100. The molecule has 1 rings (SSSR count). The van der Waals surface area contributed by atoms with Crippen molar-refractivity contribution in [3.05, 3.63) is 18.2 Å². The number of aliphatic imine (C=N–C) groups is 2. The molecule has 4 atom stereocenters. The maximum Gasteiger partial charge on any atom is 0.326 e. The molecule has 1 aromatic heterocycles. The molecule has 0 bridgehead atoms. The van der Waals surface area contributed by atoms with Crippen molar-refractivity contribution in [3.63, 3.8) is 0 Å². The Morgan fingerprint density at radius 1 is 0.810 bits per heavy atom. The number of hydrogen-bond donors (Lipinski definition) is 11. The molecule has 4 unspecified atom stereocenters. The van der Waals surface area contributed by atoms with Crippen LogP contribution < -0.4 is 50.4 Å². The maximum atomic E-state index is 13.3. The standard InChI is InChI=1S/C23H41N13O6/c24-13(9-12-10-30-11-33-12)18(38)34-14(3-1-7-31-22(26)27)19(39)35-15(5-6-17(25)37)20(40)36-16(21(41)42)4-2-8-32-23(28)29/h10-11,13-16H,1-9,24H2,(H2,25,37)(H,30,33)(H,34,38)(H,35,39)(H,36,40)(H,41,42)(H4,26,27,31)(H4,28,29,32). The van der Waals surface area contributed by atoms with E-state index in [-0.39, 0.29) is 70.0 Å². The fourth-order valence-corrected chi connectivity index (χ4v) is 3.64. The molecule has 0 radical (unpaired) electrons. The molecule has 42 heavy (non-hydrogen) atoms. The van der Waals surface area contributed by atoms with E-state index < -0.39 is 53.8 Å². The molecule has 0 aliphatic carbocycles. The number of aromatic nitrogens is 2. The van der Waals surface area contributed by atoms with Crippen LogP contribution in [0.1, 0.15) is 44.2 Å². The van der Waals surface area contributed by atoms with Gasteiger partial charge in [-0.25, -0.2) is 9.78 Å². The first-order valence-corrected chi connectivity index (χ1v) is 13.1. The van der Waals surface area contributed by atoms with Crippen LogP contribution in [0.2, 0.25) is 0 Å². The third-order valence-electron chi connectivity index (χ3n) is 5.78. The Labute approximate surface area is 241 Å². The van der Waals surface area contributed by atoms with Crippen molar-refractivity contribution in [1.29, 1.82) is 0 Å². The van der Waals surface area contributed by atoms with Gasteiger partial charge in [-0.3, -0.25) is 29.2 Å². The summed E-state index contributed by atoms with van der Waals surface area (Å²) in [6.45, 7) is 0.279. The molecule has 1 heterocycles. The van der Waals surface area contributed by atoms with E-state index in [2.05, 4.69) is 35.9 Å². The Morgan fingerprint density at radius 3 is 1.79 bits per heavy atom. The Kier molecular flexibility index (Phi) is 15.4. The van der Waals surface area contributed by atoms with Gasteiger partial charge in [0.15, 0.2) is 11.9 Å². The van der Waals surface area contributed by atoms with E-state index in [1.807, 2.05) is 0 Å². The number of hydrogen-bond acceptors (Lipinski definition) is 9. The second kappa shape index (κ2) is 18.4. The number of H-pyrrole nitrogens is 1. The van der Waals surface area contributed by atoms with Gasteiger partial charge in [-0.2, -0.15) is 0 Å². The highest BCUT2D eigenvalue weighted by molar-refractivity contribution is 5.94. The van der Waals surface area contributed by atoms with Crippen LogP contribution in [0.15, 0.2) is 22.5 Å². The number of aliphatic carboxylic acids is 1.